The van der Waals surface area contributed by atoms with Gasteiger partial charge in [0.25, 0.3) is 0 Å². The van der Waals surface area contributed by atoms with Crippen LogP contribution in [0.15, 0.2) is 12.4 Å². The molecule has 3 nitrogen and oxygen atoms in total. The highest BCUT2D eigenvalue weighted by Crippen LogP contribution is 2.33. The van der Waals surface area contributed by atoms with E-state index in [0.29, 0.717) is 0 Å². The van der Waals surface area contributed by atoms with Crippen molar-refractivity contribution < 1.29 is 0 Å². The molecule has 0 aliphatic heterocycles. The van der Waals surface area contributed by atoms with Crippen LogP contribution in [-0.4, -0.2) is 9.55 Å². The van der Waals surface area contributed by atoms with Crippen LogP contribution in [0.4, 0.5) is 0 Å². The minimum atomic E-state index is 0.130. The van der Waals surface area contributed by atoms with E-state index in [-0.39, 0.29) is 6.04 Å². The molecule has 2 N–H and O–H groups in total. The molecule has 0 aromatic carbocycles. The van der Waals surface area contributed by atoms with Crippen LogP contribution >= 0.6 is 0 Å². The van der Waals surface area contributed by atoms with Crippen molar-refractivity contribution >= 4 is 0 Å². The maximum Gasteiger partial charge on any atom is 0.125 e. The summed E-state index contributed by atoms with van der Waals surface area (Å²) in [6, 6.07) is 0.130. The Bertz CT molecular complexity index is 275. The quantitative estimate of drug-likeness (QED) is 0.766. The van der Waals surface area contributed by atoms with Gasteiger partial charge in [-0.2, -0.15) is 0 Å². The van der Waals surface area contributed by atoms with Gasteiger partial charge in [-0.05, 0) is 12.3 Å². The van der Waals surface area contributed by atoms with Gasteiger partial charge in [0.2, 0.25) is 0 Å². The number of rotatable bonds is 3. The van der Waals surface area contributed by atoms with Crippen LogP contribution in [0, 0.1) is 5.92 Å². The average Bonchev–Trinajstić information content (AvgIpc) is 2.43. The molecule has 2 rings (SSSR count). The van der Waals surface area contributed by atoms with Crippen molar-refractivity contribution in [3.05, 3.63) is 18.2 Å². The van der Waals surface area contributed by atoms with Gasteiger partial charge in [-0.25, -0.2) is 4.98 Å². The molecule has 1 fully saturated rings. The van der Waals surface area contributed by atoms with Crippen molar-refractivity contribution in [3.63, 3.8) is 0 Å². The van der Waals surface area contributed by atoms with Crippen LogP contribution in [0.5, 0.6) is 0 Å². The molecule has 1 atom stereocenters. The van der Waals surface area contributed by atoms with Crippen molar-refractivity contribution in [1.82, 2.24) is 9.55 Å². The zero-order valence-corrected chi connectivity index (χ0v) is 8.11. The Labute approximate surface area is 79.0 Å². The minimum Gasteiger partial charge on any atom is -0.337 e. The summed E-state index contributed by atoms with van der Waals surface area (Å²) in [4.78, 5) is 4.27. The Morgan fingerprint density at radius 3 is 2.92 bits per heavy atom. The van der Waals surface area contributed by atoms with E-state index in [1.807, 2.05) is 24.0 Å². The van der Waals surface area contributed by atoms with Gasteiger partial charge in [0, 0.05) is 19.4 Å². The van der Waals surface area contributed by atoms with Gasteiger partial charge in [-0.3, -0.25) is 0 Å². The van der Waals surface area contributed by atoms with E-state index >= 15 is 0 Å². The van der Waals surface area contributed by atoms with E-state index in [0.717, 1.165) is 18.2 Å². The number of aryl methyl sites for hydroxylation is 1. The summed E-state index contributed by atoms with van der Waals surface area (Å²) in [5.41, 5.74) is 6.07. The van der Waals surface area contributed by atoms with Gasteiger partial charge in [-0.1, -0.05) is 19.3 Å². The normalized spacial score (nSPS) is 19.8. The van der Waals surface area contributed by atoms with E-state index < -0.39 is 0 Å². The van der Waals surface area contributed by atoms with Crippen LogP contribution in [0.3, 0.4) is 0 Å². The van der Waals surface area contributed by atoms with Crippen LogP contribution in [0.2, 0.25) is 0 Å². The first-order valence-electron chi connectivity index (χ1n) is 5.00. The maximum atomic E-state index is 6.07. The zero-order chi connectivity index (χ0) is 9.26. The molecular formula is C10H17N3. The summed E-state index contributed by atoms with van der Waals surface area (Å²) in [6.07, 6.45) is 8.98. The van der Waals surface area contributed by atoms with E-state index in [2.05, 4.69) is 4.98 Å². The smallest absolute Gasteiger partial charge is 0.125 e. The second kappa shape index (κ2) is 3.50. The Morgan fingerprint density at radius 1 is 1.69 bits per heavy atom. The molecule has 0 bridgehead atoms. The molecular weight excluding hydrogens is 162 g/mol. The topological polar surface area (TPSA) is 43.8 Å². The molecule has 72 valence electrons. The summed E-state index contributed by atoms with van der Waals surface area (Å²) in [5, 5.41) is 0. The standard InChI is InChI=1S/C10H17N3/c1-13-6-5-12-10(13)9(11)7-8-3-2-4-8/h5-6,8-9H,2-4,7,11H2,1H3. The third-order valence-corrected chi connectivity index (χ3v) is 3.00. The molecule has 1 saturated carbocycles. The summed E-state index contributed by atoms with van der Waals surface area (Å²) in [6.45, 7) is 0. The average molecular weight is 179 g/mol. The minimum absolute atomic E-state index is 0.130. The fourth-order valence-corrected chi connectivity index (χ4v) is 1.93. The van der Waals surface area contributed by atoms with E-state index in [1.54, 1.807) is 0 Å². The van der Waals surface area contributed by atoms with Gasteiger partial charge in [0.05, 0.1) is 6.04 Å². The van der Waals surface area contributed by atoms with Crippen molar-refractivity contribution in [2.45, 2.75) is 31.7 Å². The number of nitrogens with zero attached hydrogens (tertiary/aromatic N) is 2. The van der Waals surface area contributed by atoms with Crippen LogP contribution in [0.25, 0.3) is 0 Å². The highest BCUT2D eigenvalue weighted by atomic mass is 15.1. The second-order valence-electron chi connectivity index (χ2n) is 4.04. The lowest BCUT2D eigenvalue weighted by Gasteiger charge is -2.27. The van der Waals surface area contributed by atoms with Crippen LogP contribution in [-0.2, 0) is 7.05 Å². The largest absolute Gasteiger partial charge is 0.337 e. The molecule has 1 aromatic heterocycles. The molecule has 0 radical (unpaired) electrons. The summed E-state index contributed by atoms with van der Waals surface area (Å²) < 4.78 is 2.02. The SMILES string of the molecule is Cn1ccnc1C(N)CC1CCC1. The van der Waals surface area contributed by atoms with Crippen LogP contribution in [0.1, 0.15) is 37.5 Å². The number of hydrogen-bond acceptors (Lipinski definition) is 2. The number of hydrogen-bond donors (Lipinski definition) is 1. The number of imidazole rings is 1. The van der Waals surface area contributed by atoms with E-state index in [9.17, 15) is 0 Å². The molecule has 1 aliphatic rings. The van der Waals surface area contributed by atoms with Crippen molar-refractivity contribution in [3.8, 4) is 0 Å². The number of aromatic nitrogens is 2. The van der Waals surface area contributed by atoms with Gasteiger partial charge in [-0.15, -0.1) is 0 Å². The van der Waals surface area contributed by atoms with Gasteiger partial charge >= 0.3 is 0 Å². The molecule has 1 aliphatic carbocycles. The Balaban J connectivity index is 1.96. The summed E-state index contributed by atoms with van der Waals surface area (Å²) in [5.74, 6) is 1.87. The van der Waals surface area contributed by atoms with Crippen LogP contribution < -0.4 is 5.73 Å². The Kier molecular flexibility index (Phi) is 2.36. The fraction of sp³-hybridized carbons (Fsp3) is 0.700. The van der Waals surface area contributed by atoms with Gasteiger partial charge < -0.3 is 10.3 Å². The molecule has 3 heteroatoms. The predicted molar refractivity (Wildman–Crippen MR) is 52.1 cm³/mol. The molecule has 1 unspecified atom stereocenters. The predicted octanol–water partition coefficient (Wildman–Crippen LogP) is 1.61. The molecule has 1 aromatic rings. The van der Waals surface area contributed by atoms with Crippen molar-refractivity contribution in [1.29, 1.82) is 0 Å². The van der Waals surface area contributed by atoms with E-state index in [4.69, 9.17) is 5.73 Å². The second-order valence-corrected chi connectivity index (χ2v) is 4.04. The lowest BCUT2D eigenvalue weighted by Crippen LogP contribution is -2.22. The Hall–Kier alpha value is -0.830. The van der Waals surface area contributed by atoms with Gasteiger partial charge in [0.15, 0.2) is 0 Å². The molecule has 13 heavy (non-hydrogen) atoms. The lowest BCUT2D eigenvalue weighted by molar-refractivity contribution is 0.273. The summed E-state index contributed by atoms with van der Waals surface area (Å²) >= 11 is 0. The van der Waals surface area contributed by atoms with Crippen molar-refractivity contribution in [2.75, 3.05) is 0 Å². The van der Waals surface area contributed by atoms with Crippen molar-refractivity contribution in [2.24, 2.45) is 18.7 Å². The third kappa shape index (κ3) is 1.75. The molecule has 0 saturated heterocycles. The lowest BCUT2D eigenvalue weighted by atomic mass is 9.81. The summed E-state index contributed by atoms with van der Waals surface area (Å²) in [7, 11) is 2.00. The number of nitrogens with two attached hydrogens (primary N) is 1. The highest BCUT2D eigenvalue weighted by Gasteiger charge is 2.22. The Morgan fingerprint density at radius 2 is 2.46 bits per heavy atom. The van der Waals surface area contributed by atoms with E-state index in [1.165, 1.54) is 19.3 Å². The third-order valence-electron chi connectivity index (χ3n) is 3.00. The van der Waals surface area contributed by atoms with Gasteiger partial charge in [0.1, 0.15) is 5.82 Å². The first-order valence-corrected chi connectivity index (χ1v) is 5.00. The first-order chi connectivity index (χ1) is 6.27. The molecule has 0 amide bonds. The fourth-order valence-electron chi connectivity index (χ4n) is 1.93. The first kappa shape index (κ1) is 8.75. The molecule has 0 spiro atoms. The zero-order valence-electron chi connectivity index (χ0n) is 8.11. The monoisotopic (exact) mass is 179 g/mol. The maximum absolute atomic E-state index is 6.07. The molecule has 1 heterocycles. The highest BCUT2D eigenvalue weighted by molar-refractivity contribution is 4.98.